The normalized spacial score (nSPS) is 11.8. The van der Waals surface area contributed by atoms with Crippen molar-refractivity contribution in [2.24, 2.45) is 10.8 Å². The van der Waals surface area contributed by atoms with E-state index in [2.05, 4.69) is 4.74 Å². The number of hydrogen-bond acceptors (Lipinski definition) is 10. The Bertz CT molecular complexity index is 934. The molecule has 37 heavy (non-hydrogen) atoms. The average molecular weight is 527 g/mol. The van der Waals surface area contributed by atoms with Crippen LogP contribution in [0.1, 0.15) is 75.1 Å². The first-order valence-corrected chi connectivity index (χ1v) is 11.7. The lowest BCUT2D eigenvalue weighted by Crippen LogP contribution is -2.31. The zero-order chi connectivity index (χ0) is 28.8. The Labute approximate surface area is 217 Å². The van der Waals surface area contributed by atoms with Gasteiger partial charge in [-0.25, -0.2) is 14.4 Å². The fourth-order valence-electron chi connectivity index (χ4n) is 2.06. The monoisotopic (exact) mass is 526 g/mol. The van der Waals surface area contributed by atoms with E-state index in [1.54, 1.807) is 27.7 Å². The van der Waals surface area contributed by atoms with Crippen molar-refractivity contribution in [3.63, 3.8) is 0 Å². The van der Waals surface area contributed by atoms with Crippen LogP contribution in [0.15, 0.2) is 24.3 Å². The van der Waals surface area contributed by atoms with E-state index in [4.69, 9.17) is 19.3 Å². The molecule has 1 aromatic rings. The summed E-state index contributed by atoms with van der Waals surface area (Å²) in [4.78, 5) is 57.6. The highest BCUT2D eigenvalue weighted by Crippen LogP contribution is 2.21. The van der Waals surface area contributed by atoms with E-state index in [1.165, 1.54) is 24.3 Å². The van der Waals surface area contributed by atoms with Gasteiger partial charge in [0.15, 0.2) is 6.61 Å². The maximum absolute atomic E-state index is 12.3. The van der Waals surface area contributed by atoms with Crippen molar-refractivity contribution < 1.29 is 53.1 Å². The number of esters is 4. The van der Waals surface area contributed by atoms with Crippen LogP contribution in [0.5, 0.6) is 0 Å². The van der Waals surface area contributed by atoms with E-state index in [0.29, 0.717) is 12.8 Å². The molecule has 1 atom stereocenters. The molecule has 1 aromatic carbocycles. The Kier molecular flexibility index (Phi) is 14.1. The number of aliphatic hydroxyl groups is 1. The maximum atomic E-state index is 12.3. The standard InChI is InChI=1S/C20H26O9.C6H12O2/c1-5-20(2,3)19(25)29-11-13(21)10-27-17(23)14-8-6-7-9-15(14)18(24)28-12-16(22)26-4;1-4-6(2,3)5(7)8/h6-9,13,21H,5,10-12H2,1-4H3;4H2,1-3H3,(H,7,8). The third-order valence-corrected chi connectivity index (χ3v) is 5.63. The zero-order valence-electron chi connectivity index (χ0n) is 22.5. The van der Waals surface area contributed by atoms with E-state index in [-0.39, 0.29) is 17.7 Å². The highest BCUT2D eigenvalue weighted by molar-refractivity contribution is 6.03. The van der Waals surface area contributed by atoms with Gasteiger partial charge in [-0.2, -0.15) is 0 Å². The number of rotatable bonds is 12. The zero-order valence-corrected chi connectivity index (χ0v) is 22.5. The van der Waals surface area contributed by atoms with Gasteiger partial charge in [-0.1, -0.05) is 26.0 Å². The second-order valence-electron chi connectivity index (χ2n) is 9.33. The number of aliphatic carboxylic acids is 1. The molecule has 0 aliphatic heterocycles. The molecule has 0 saturated carbocycles. The number of ether oxygens (including phenoxy) is 4. The van der Waals surface area contributed by atoms with E-state index in [9.17, 15) is 29.1 Å². The Morgan fingerprint density at radius 2 is 1.27 bits per heavy atom. The van der Waals surface area contributed by atoms with Gasteiger partial charge in [0.2, 0.25) is 0 Å². The SMILES string of the molecule is CCC(C)(C)C(=O)O.CCC(C)(C)C(=O)OCC(O)COC(=O)c1ccccc1C(=O)OCC(=O)OC. The van der Waals surface area contributed by atoms with Crippen molar-refractivity contribution in [1.29, 1.82) is 0 Å². The predicted octanol–water partition coefficient (Wildman–Crippen LogP) is 3.02. The molecule has 11 nitrogen and oxygen atoms in total. The number of carboxylic acids is 1. The Balaban J connectivity index is 0.00000139. The van der Waals surface area contributed by atoms with Gasteiger partial charge in [-0.3, -0.25) is 9.59 Å². The van der Waals surface area contributed by atoms with Gasteiger partial charge in [0.25, 0.3) is 0 Å². The molecular weight excluding hydrogens is 488 g/mol. The highest BCUT2D eigenvalue weighted by atomic mass is 16.6. The maximum Gasteiger partial charge on any atom is 0.344 e. The number of methoxy groups -OCH3 is 1. The van der Waals surface area contributed by atoms with Crippen LogP contribution in [-0.4, -0.2) is 73.1 Å². The number of carbonyl (C=O) groups is 5. The first-order chi connectivity index (χ1) is 17.1. The number of aliphatic hydroxyl groups excluding tert-OH is 1. The van der Waals surface area contributed by atoms with Crippen LogP contribution in [0.25, 0.3) is 0 Å². The number of carbonyl (C=O) groups excluding carboxylic acids is 4. The van der Waals surface area contributed by atoms with Gasteiger partial charge in [0.05, 0.1) is 29.1 Å². The summed E-state index contributed by atoms with van der Waals surface area (Å²) in [6.45, 7) is 9.21. The molecule has 0 aromatic heterocycles. The van der Waals surface area contributed by atoms with Crippen molar-refractivity contribution in [3.05, 3.63) is 35.4 Å². The van der Waals surface area contributed by atoms with E-state index in [0.717, 1.165) is 7.11 Å². The predicted molar refractivity (Wildman–Crippen MR) is 132 cm³/mol. The summed E-state index contributed by atoms with van der Waals surface area (Å²) in [7, 11) is 1.15. The Hall–Kier alpha value is -3.47. The van der Waals surface area contributed by atoms with Gasteiger partial charge in [0, 0.05) is 0 Å². The van der Waals surface area contributed by atoms with Crippen molar-refractivity contribution in [2.75, 3.05) is 26.9 Å². The van der Waals surface area contributed by atoms with Crippen molar-refractivity contribution in [3.8, 4) is 0 Å². The molecular formula is C26H38O11. The van der Waals surface area contributed by atoms with Crippen LogP contribution in [0.2, 0.25) is 0 Å². The van der Waals surface area contributed by atoms with Crippen molar-refractivity contribution in [2.45, 2.75) is 60.5 Å². The quantitative estimate of drug-likeness (QED) is 0.304. The average Bonchev–Trinajstić information content (AvgIpc) is 2.88. The first kappa shape index (κ1) is 33.5. The van der Waals surface area contributed by atoms with Gasteiger partial charge in [0.1, 0.15) is 19.3 Å². The summed E-state index contributed by atoms with van der Waals surface area (Å²) in [6, 6.07) is 5.70. The minimum atomic E-state index is -1.23. The van der Waals surface area contributed by atoms with Crippen LogP contribution in [0.3, 0.4) is 0 Å². The first-order valence-electron chi connectivity index (χ1n) is 11.7. The van der Waals surface area contributed by atoms with Crippen LogP contribution in [-0.2, 0) is 33.3 Å². The van der Waals surface area contributed by atoms with Crippen molar-refractivity contribution >= 4 is 29.8 Å². The van der Waals surface area contributed by atoms with Crippen molar-refractivity contribution in [1.82, 2.24) is 0 Å². The lowest BCUT2D eigenvalue weighted by Gasteiger charge is -2.21. The molecule has 2 N–H and O–H groups in total. The molecule has 0 aliphatic rings. The topological polar surface area (TPSA) is 163 Å². The Morgan fingerprint density at radius 1 is 0.811 bits per heavy atom. The number of benzene rings is 1. The van der Waals surface area contributed by atoms with Crippen LogP contribution in [0, 0.1) is 10.8 Å². The molecule has 208 valence electrons. The smallest absolute Gasteiger partial charge is 0.344 e. The fraction of sp³-hybridized carbons (Fsp3) is 0.577. The number of carboxylic acid groups (broad SMARTS) is 1. The van der Waals surface area contributed by atoms with Crippen LogP contribution < -0.4 is 0 Å². The summed E-state index contributed by atoms with van der Waals surface area (Å²) >= 11 is 0. The molecule has 0 saturated heterocycles. The lowest BCUT2D eigenvalue weighted by molar-refractivity contribution is -0.157. The molecule has 0 aliphatic carbocycles. The molecule has 11 heteroatoms. The van der Waals surface area contributed by atoms with E-state index in [1.807, 2.05) is 13.8 Å². The number of hydrogen-bond donors (Lipinski definition) is 2. The van der Waals surface area contributed by atoms with Crippen LogP contribution >= 0.6 is 0 Å². The highest BCUT2D eigenvalue weighted by Gasteiger charge is 2.28. The fourth-order valence-corrected chi connectivity index (χ4v) is 2.06. The van der Waals surface area contributed by atoms with Gasteiger partial charge < -0.3 is 29.2 Å². The minimum Gasteiger partial charge on any atom is -0.481 e. The van der Waals surface area contributed by atoms with E-state index < -0.39 is 60.0 Å². The molecule has 0 heterocycles. The minimum absolute atomic E-state index is 0.0984. The van der Waals surface area contributed by atoms with Gasteiger partial charge in [-0.05, 0) is 52.7 Å². The lowest BCUT2D eigenvalue weighted by atomic mass is 9.91. The second-order valence-corrected chi connectivity index (χ2v) is 9.33. The largest absolute Gasteiger partial charge is 0.481 e. The summed E-state index contributed by atoms with van der Waals surface area (Å²) < 4.78 is 19.2. The molecule has 0 bridgehead atoms. The van der Waals surface area contributed by atoms with E-state index >= 15 is 0 Å². The molecule has 0 radical (unpaired) electrons. The molecule has 0 amide bonds. The summed E-state index contributed by atoms with van der Waals surface area (Å²) in [5.41, 5.74) is -1.43. The molecule has 0 fully saturated rings. The van der Waals surface area contributed by atoms with Gasteiger partial charge in [-0.15, -0.1) is 0 Å². The summed E-state index contributed by atoms with van der Waals surface area (Å²) in [6.07, 6.45) is 0.0243. The third-order valence-electron chi connectivity index (χ3n) is 5.63. The molecule has 1 rings (SSSR count). The van der Waals surface area contributed by atoms with Gasteiger partial charge >= 0.3 is 29.8 Å². The Morgan fingerprint density at radius 3 is 1.68 bits per heavy atom. The van der Waals surface area contributed by atoms with Crippen LogP contribution in [0.4, 0.5) is 0 Å². The molecule has 0 spiro atoms. The molecule has 1 unspecified atom stereocenters. The third kappa shape index (κ3) is 11.9. The second kappa shape index (κ2) is 15.6. The summed E-state index contributed by atoms with van der Waals surface area (Å²) in [5.74, 6) is -3.72. The summed E-state index contributed by atoms with van der Waals surface area (Å²) in [5, 5.41) is 18.3.